The maximum atomic E-state index is 3.81. The third kappa shape index (κ3) is 4.16. The van der Waals surface area contributed by atoms with E-state index in [9.17, 15) is 0 Å². The van der Waals surface area contributed by atoms with Gasteiger partial charge in [0, 0.05) is 12.1 Å². The molecule has 0 heterocycles. The zero-order chi connectivity index (χ0) is 12.1. The Labute approximate surface area is 106 Å². The Morgan fingerprint density at radius 3 is 2.53 bits per heavy atom. The van der Waals surface area contributed by atoms with Crippen LogP contribution in [0.2, 0.25) is 0 Å². The van der Waals surface area contributed by atoms with Crippen LogP contribution in [0, 0.1) is 5.92 Å². The Hall–Kier alpha value is -0.820. The SMILES string of the molecule is CCCC(NC(C)CC1CC1)c1ccccc1. The fourth-order valence-electron chi connectivity index (χ4n) is 2.59. The molecule has 1 nitrogen and oxygen atoms in total. The molecule has 0 aliphatic heterocycles. The smallest absolute Gasteiger partial charge is 0.0322 e. The second-order valence-corrected chi connectivity index (χ2v) is 5.50. The van der Waals surface area contributed by atoms with Gasteiger partial charge in [-0.1, -0.05) is 56.5 Å². The van der Waals surface area contributed by atoms with Crippen molar-refractivity contribution in [2.24, 2.45) is 5.92 Å². The lowest BCUT2D eigenvalue weighted by atomic mass is 10.0. The summed E-state index contributed by atoms with van der Waals surface area (Å²) in [5.41, 5.74) is 1.44. The van der Waals surface area contributed by atoms with Crippen LogP contribution in [0.25, 0.3) is 0 Å². The zero-order valence-electron chi connectivity index (χ0n) is 11.2. The Balaban J connectivity index is 1.91. The highest BCUT2D eigenvalue weighted by Crippen LogP contribution is 2.34. The van der Waals surface area contributed by atoms with Crippen molar-refractivity contribution in [1.29, 1.82) is 0 Å². The van der Waals surface area contributed by atoms with Crippen LogP contribution in [0.4, 0.5) is 0 Å². The molecule has 0 spiro atoms. The number of hydrogen-bond acceptors (Lipinski definition) is 1. The minimum absolute atomic E-state index is 0.537. The zero-order valence-corrected chi connectivity index (χ0v) is 11.2. The van der Waals surface area contributed by atoms with Gasteiger partial charge in [0.25, 0.3) is 0 Å². The first kappa shape index (κ1) is 12.6. The van der Waals surface area contributed by atoms with Gasteiger partial charge in [-0.25, -0.2) is 0 Å². The molecular weight excluding hydrogens is 206 g/mol. The van der Waals surface area contributed by atoms with Gasteiger partial charge in [0.15, 0.2) is 0 Å². The monoisotopic (exact) mass is 231 g/mol. The Kier molecular flexibility index (Phi) is 4.61. The van der Waals surface area contributed by atoms with Crippen LogP contribution in [-0.2, 0) is 0 Å². The Morgan fingerprint density at radius 1 is 1.24 bits per heavy atom. The van der Waals surface area contributed by atoms with Gasteiger partial charge in [-0.3, -0.25) is 0 Å². The molecule has 1 aromatic carbocycles. The summed E-state index contributed by atoms with van der Waals surface area (Å²) in [5.74, 6) is 1.01. The van der Waals surface area contributed by atoms with Crippen molar-refractivity contribution in [1.82, 2.24) is 5.32 Å². The van der Waals surface area contributed by atoms with Gasteiger partial charge in [0.1, 0.15) is 0 Å². The van der Waals surface area contributed by atoms with E-state index in [1.165, 1.54) is 37.7 Å². The average Bonchev–Trinajstić information content (AvgIpc) is 3.13. The largest absolute Gasteiger partial charge is 0.307 e. The van der Waals surface area contributed by atoms with Crippen LogP contribution in [0.3, 0.4) is 0 Å². The number of nitrogens with one attached hydrogen (secondary N) is 1. The maximum absolute atomic E-state index is 3.81. The van der Waals surface area contributed by atoms with E-state index in [4.69, 9.17) is 0 Å². The van der Waals surface area contributed by atoms with Gasteiger partial charge in [0.2, 0.25) is 0 Å². The lowest BCUT2D eigenvalue weighted by molar-refractivity contribution is 0.402. The molecule has 1 aliphatic rings. The lowest BCUT2D eigenvalue weighted by Gasteiger charge is -2.23. The average molecular weight is 231 g/mol. The molecule has 0 bridgehead atoms. The molecule has 0 radical (unpaired) electrons. The van der Waals surface area contributed by atoms with E-state index in [0.29, 0.717) is 12.1 Å². The van der Waals surface area contributed by atoms with Gasteiger partial charge < -0.3 is 5.32 Å². The van der Waals surface area contributed by atoms with Gasteiger partial charge in [-0.15, -0.1) is 0 Å². The molecule has 1 aromatic rings. The molecule has 0 saturated heterocycles. The highest BCUT2D eigenvalue weighted by molar-refractivity contribution is 5.18. The molecule has 2 rings (SSSR count). The highest BCUT2D eigenvalue weighted by atomic mass is 14.9. The van der Waals surface area contributed by atoms with Crippen LogP contribution in [0.15, 0.2) is 30.3 Å². The lowest BCUT2D eigenvalue weighted by Crippen LogP contribution is -2.30. The van der Waals surface area contributed by atoms with Crippen LogP contribution >= 0.6 is 0 Å². The topological polar surface area (TPSA) is 12.0 Å². The number of benzene rings is 1. The Bertz CT molecular complexity index is 316. The molecule has 0 amide bonds. The van der Waals surface area contributed by atoms with E-state index >= 15 is 0 Å². The van der Waals surface area contributed by atoms with E-state index < -0.39 is 0 Å². The third-order valence-electron chi connectivity index (χ3n) is 3.65. The summed E-state index contributed by atoms with van der Waals surface area (Å²) in [6.45, 7) is 4.60. The number of hydrogen-bond donors (Lipinski definition) is 1. The van der Waals surface area contributed by atoms with E-state index in [2.05, 4.69) is 49.5 Å². The first-order valence-corrected chi connectivity index (χ1v) is 7.10. The van der Waals surface area contributed by atoms with Crippen LogP contribution in [0.5, 0.6) is 0 Å². The summed E-state index contributed by atoms with van der Waals surface area (Å²) in [7, 11) is 0. The molecular formula is C16H25N. The molecule has 17 heavy (non-hydrogen) atoms. The quantitative estimate of drug-likeness (QED) is 0.737. The van der Waals surface area contributed by atoms with E-state index in [0.717, 1.165) is 5.92 Å². The second kappa shape index (κ2) is 6.20. The molecule has 1 saturated carbocycles. The molecule has 1 fully saturated rings. The minimum Gasteiger partial charge on any atom is -0.307 e. The molecule has 1 aliphatic carbocycles. The fraction of sp³-hybridized carbons (Fsp3) is 0.625. The first-order chi connectivity index (χ1) is 8.29. The molecule has 1 N–H and O–H groups in total. The third-order valence-corrected chi connectivity index (χ3v) is 3.65. The van der Waals surface area contributed by atoms with Crippen LogP contribution in [0.1, 0.15) is 57.6 Å². The van der Waals surface area contributed by atoms with Gasteiger partial charge in [-0.05, 0) is 31.2 Å². The van der Waals surface area contributed by atoms with Crippen molar-refractivity contribution >= 4 is 0 Å². The van der Waals surface area contributed by atoms with Crippen molar-refractivity contribution in [3.8, 4) is 0 Å². The van der Waals surface area contributed by atoms with Gasteiger partial charge in [0.05, 0.1) is 0 Å². The molecule has 0 aromatic heterocycles. The predicted molar refractivity (Wildman–Crippen MR) is 74.0 cm³/mol. The summed E-state index contributed by atoms with van der Waals surface area (Å²) in [6, 6.07) is 12.1. The summed E-state index contributed by atoms with van der Waals surface area (Å²) in [5, 5.41) is 3.81. The highest BCUT2D eigenvalue weighted by Gasteiger charge is 2.24. The van der Waals surface area contributed by atoms with Crippen LogP contribution < -0.4 is 5.32 Å². The minimum atomic E-state index is 0.537. The van der Waals surface area contributed by atoms with E-state index in [1.807, 2.05) is 0 Å². The van der Waals surface area contributed by atoms with Crippen molar-refractivity contribution in [2.75, 3.05) is 0 Å². The van der Waals surface area contributed by atoms with Crippen molar-refractivity contribution in [2.45, 2.75) is 58.0 Å². The normalized spacial score (nSPS) is 18.9. The molecule has 2 atom stereocenters. The molecule has 2 unspecified atom stereocenters. The summed E-state index contributed by atoms with van der Waals surface area (Å²) in [4.78, 5) is 0. The number of rotatable bonds is 7. The summed E-state index contributed by atoms with van der Waals surface area (Å²) >= 11 is 0. The van der Waals surface area contributed by atoms with Crippen molar-refractivity contribution in [3.63, 3.8) is 0 Å². The summed E-state index contributed by atoms with van der Waals surface area (Å²) < 4.78 is 0. The Morgan fingerprint density at radius 2 is 1.94 bits per heavy atom. The van der Waals surface area contributed by atoms with Crippen molar-refractivity contribution in [3.05, 3.63) is 35.9 Å². The first-order valence-electron chi connectivity index (χ1n) is 7.10. The van der Waals surface area contributed by atoms with E-state index in [1.54, 1.807) is 0 Å². The molecule has 94 valence electrons. The summed E-state index contributed by atoms with van der Waals surface area (Å²) in [6.07, 6.45) is 6.74. The standard InChI is InChI=1S/C16H25N/c1-3-7-16(15-8-5-4-6-9-15)17-13(2)12-14-10-11-14/h4-6,8-9,13-14,16-17H,3,7,10-12H2,1-2H3. The van der Waals surface area contributed by atoms with Crippen LogP contribution in [-0.4, -0.2) is 6.04 Å². The molecule has 1 heteroatoms. The van der Waals surface area contributed by atoms with Crippen molar-refractivity contribution < 1.29 is 0 Å². The second-order valence-electron chi connectivity index (χ2n) is 5.50. The predicted octanol–water partition coefficient (Wildman–Crippen LogP) is 4.31. The van der Waals surface area contributed by atoms with E-state index in [-0.39, 0.29) is 0 Å². The van der Waals surface area contributed by atoms with Gasteiger partial charge in [-0.2, -0.15) is 0 Å². The maximum Gasteiger partial charge on any atom is 0.0322 e. The van der Waals surface area contributed by atoms with Gasteiger partial charge >= 0.3 is 0 Å². The fourth-order valence-corrected chi connectivity index (χ4v) is 2.59.